The molecular weight excluding hydrogens is 251 g/mol. The Balaban J connectivity index is 1.94. The first-order valence-electron chi connectivity index (χ1n) is 6.16. The number of nitrogens with zero attached hydrogens (tertiary/aromatic N) is 2. The molecule has 6 heteroatoms. The predicted molar refractivity (Wildman–Crippen MR) is 68.7 cm³/mol. The molecule has 0 amide bonds. The molecule has 1 aliphatic rings. The molecule has 1 heterocycles. The summed E-state index contributed by atoms with van der Waals surface area (Å²) in [5.74, 6) is 0. The van der Waals surface area contributed by atoms with Crippen molar-refractivity contribution >= 4 is 5.69 Å². The van der Waals surface area contributed by atoms with Gasteiger partial charge in [0.1, 0.15) is 5.67 Å². The molecule has 104 valence electrons. The second kappa shape index (κ2) is 5.63. The van der Waals surface area contributed by atoms with Crippen molar-refractivity contribution in [2.45, 2.75) is 18.6 Å². The fraction of sp³-hybridized carbons (Fsp3) is 0.538. The Kier molecular flexibility index (Phi) is 4.11. The van der Waals surface area contributed by atoms with Crippen LogP contribution in [0.15, 0.2) is 24.3 Å². The van der Waals surface area contributed by atoms with Gasteiger partial charge in [-0.3, -0.25) is 15.0 Å². The first-order valence-corrected chi connectivity index (χ1v) is 6.16. The van der Waals surface area contributed by atoms with Crippen molar-refractivity contribution < 1.29 is 14.1 Å². The van der Waals surface area contributed by atoms with E-state index in [2.05, 4.69) is 0 Å². The molecule has 0 bridgehead atoms. The highest BCUT2D eigenvalue weighted by Gasteiger charge is 2.38. The Morgan fingerprint density at radius 1 is 1.47 bits per heavy atom. The van der Waals surface area contributed by atoms with Gasteiger partial charge in [0, 0.05) is 38.9 Å². The standard InChI is InChI=1S/C13H17FN2O3/c1-19-10-13(14)6-7-15(9-13)8-11-2-4-12(5-3-11)16(17)18/h2-5H,6-10H2,1H3. The van der Waals surface area contributed by atoms with E-state index in [-0.39, 0.29) is 12.3 Å². The van der Waals surface area contributed by atoms with Gasteiger partial charge in [-0.2, -0.15) is 0 Å². The number of benzene rings is 1. The molecule has 0 aromatic heterocycles. The molecule has 0 aliphatic carbocycles. The summed E-state index contributed by atoms with van der Waals surface area (Å²) in [6, 6.07) is 6.38. The topological polar surface area (TPSA) is 55.6 Å². The fourth-order valence-electron chi connectivity index (χ4n) is 2.41. The maximum absolute atomic E-state index is 14.2. The van der Waals surface area contributed by atoms with Crippen molar-refractivity contribution in [3.05, 3.63) is 39.9 Å². The van der Waals surface area contributed by atoms with Crippen molar-refractivity contribution in [1.82, 2.24) is 4.90 Å². The zero-order valence-electron chi connectivity index (χ0n) is 10.8. The summed E-state index contributed by atoms with van der Waals surface area (Å²) in [4.78, 5) is 12.1. The molecule has 1 aliphatic heterocycles. The lowest BCUT2D eigenvalue weighted by Crippen LogP contribution is -2.33. The minimum Gasteiger partial charge on any atom is -0.381 e. The van der Waals surface area contributed by atoms with E-state index in [9.17, 15) is 14.5 Å². The molecule has 1 saturated heterocycles. The van der Waals surface area contributed by atoms with Crippen molar-refractivity contribution in [1.29, 1.82) is 0 Å². The Labute approximate surface area is 111 Å². The zero-order chi connectivity index (χ0) is 13.9. The molecule has 2 rings (SSSR count). The van der Waals surface area contributed by atoms with Crippen molar-refractivity contribution in [3.63, 3.8) is 0 Å². The van der Waals surface area contributed by atoms with Crippen molar-refractivity contribution in [2.24, 2.45) is 0 Å². The minimum atomic E-state index is -1.27. The number of rotatable bonds is 5. The summed E-state index contributed by atoms with van der Waals surface area (Å²) in [5.41, 5.74) is -0.244. The van der Waals surface area contributed by atoms with Gasteiger partial charge in [-0.15, -0.1) is 0 Å². The van der Waals surface area contributed by atoms with Crippen LogP contribution < -0.4 is 0 Å². The van der Waals surface area contributed by atoms with E-state index < -0.39 is 10.6 Å². The van der Waals surface area contributed by atoms with E-state index in [0.29, 0.717) is 26.1 Å². The lowest BCUT2D eigenvalue weighted by Gasteiger charge is -2.20. The maximum atomic E-state index is 14.2. The average Bonchev–Trinajstić information content (AvgIpc) is 2.72. The Bertz CT molecular complexity index is 452. The largest absolute Gasteiger partial charge is 0.381 e. The number of likely N-dealkylation sites (tertiary alicyclic amines) is 1. The van der Waals surface area contributed by atoms with Gasteiger partial charge in [0.05, 0.1) is 11.5 Å². The number of methoxy groups -OCH3 is 1. The first kappa shape index (κ1) is 13.9. The summed E-state index contributed by atoms with van der Waals surface area (Å²) in [5, 5.41) is 10.5. The molecule has 5 nitrogen and oxygen atoms in total. The van der Waals surface area contributed by atoms with E-state index in [1.165, 1.54) is 19.2 Å². The summed E-state index contributed by atoms with van der Waals surface area (Å²) >= 11 is 0. The molecule has 0 radical (unpaired) electrons. The Morgan fingerprint density at radius 3 is 2.74 bits per heavy atom. The van der Waals surface area contributed by atoms with Gasteiger partial charge >= 0.3 is 0 Å². The lowest BCUT2D eigenvalue weighted by molar-refractivity contribution is -0.384. The molecule has 1 aromatic rings. The minimum absolute atomic E-state index is 0.0735. The molecule has 1 fully saturated rings. The number of hydrogen-bond acceptors (Lipinski definition) is 4. The highest BCUT2D eigenvalue weighted by Crippen LogP contribution is 2.27. The third-order valence-corrected chi connectivity index (χ3v) is 3.34. The highest BCUT2D eigenvalue weighted by atomic mass is 19.1. The third-order valence-electron chi connectivity index (χ3n) is 3.34. The van der Waals surface area contributed by atoms with Crippen molar-refractivity contribution in [2.75, 3.05) is 26.8 Å². The van der Waals surface area contributed by atoms with Crippen LogP contribution in [-0.4, -0.2) is 42.3 Å². The molecule has 1 atom stereocenters. The fourth-order valence-corrected chi connectivity index (χ4v) is 2.41. The Morgan fingerprint density at radius 2 is 2.16 bits per heavy atom. The number of halogens is 1. The molecule has 19 heavy (non-hydrogen) atoms. The van der Waals surface area contributed by atoms with Crippen LogP contribution in [-0.2, 0) is 11.3 Å². The van der Waals surface area contributed by atoms with Gasteiger partial charge in [0.25, 0.3) is 5.69 Å². The molecule has 0 N–H and O–H groups in total. The summed E-state index contributed by atoms with van der Waals surface area (Å²) in [7, 11) is 1.50. The molecule has 1 aromatic carbocycles. The number of nitro benzene ring substituents is 1. The number of non-ortho nitro benzene ring substituents is 1. The van der Waals surface area contributed by atoms with E-state index in [0.717, 1.165) is 5.56 Å². The van der Waals surface area contributed by atoms with Crippen LogP contribution in [0.5, 0.6) is 0 Å². The van der Waals surface area contributed by atoms with Crippen LogP contribution in [0.2, 0.25) is 0 Å². The van der Waals surface area contributed by atoms with Crippen LogP contribution in [0.4, 0.5) is 10.1 Å². The smallest absolute Gasteiger partial charge is 0.269 e. The van der Waals surface area contributed by atoms with Crippen LogP contribution in [0, 0.1) is 10.1 Å². The molecule has 0 spiro atoms. The quantitative estimate of drug-likeness (QED) is 0.606. The summed E-state index contributed by atoms with van der Waals surface area (Å²) in [6.45, 7) is 1.74. The van der Waals surface area contributed by atoms with E-state index >= 15 is 0 Å². The molecule has 0 saturated carbocycles. The average molecular weight is 268 g/mol. The van der Waals surface area contributed by atoms with Crippen LogP contribution in [0.3, 0.4) is 0 Å². The Hall–Kier alpha value is -1.53. The van der Waals surface area contributed by atoms with Crippen LogP contribution in [0.25, 0.3) is 0 Å². The van der Waals surface area contributed by atoms with Gasteiger partial charge < -0.3 is 4.74 Å². The van der Waals surface area contributed by atoms with E-state index in [1.807, 2.05) is 4.90 Å². The van der Waals surface area contributed by atoms with Gasteiger partial charge in [-0.05, 0) is 12.0 Å². The van der Waals surface area contributed by atoms with Crippen LogP contribution in [0.1, 0.15) is 12.0 Å². The lowest BCUT2D eigenvalue weighted by atomic mass is 10.1. The third kappa shape index (κ3) is 3.48. The first-order chi connectivity index (χ1) is 9.02. The van der Waals surface area contributed by atoms with Gasteiger partial charge in [0.2, 0.25) is 0 Å². The highest BCUT2D eigenvalue weighted by molar-refractivity contribution is 5.32. The van der Waals surface area contributed by atoms with E-state index in [1.54, 1.807) is 12.1 Å². The number of hydrogen-bond donors (Lipinski definition) is 0. The zero-order valence-corrected chi connectivity index (χ0v) is 10.8. The second-order valence-electron chi connectivity index (χ2n) is 4.97. The predicted octanol–water partition coefficient (Wildman–Crippen LogP) is 2.16. The van der Waals surface area contributed by atoms with Gasteiger partial charge in [-0.1, -0.05) is 12.1 Å². The summed E-state index contributed by atoms with van der Waals surface area (Å²) < 4.78 is 19.1. The number of ether oxygens (including phenoxy) is 1. The number of nitro groups is 1. The van der Waals surface area contributed by atoms with E-state index in [4.69, 9.17) is 4.74 Å². The normalized spacial score (nSPS) is 23.7. The second-order valence-corrected chi connectivity index (χ2v) is 4.97. The molecular formula is C13H17FN2O3. The van der Waals surface area contributed by atoms with Crippen molar-refractivity contribution in [3.8, 4) is 0 Å². The SMILES string of the molecule is COCC1(F)CCN(Cc2ccc([N+](=O)[O-])cc2)C1. The van der Waals surface area contributed by atoms with Crippen LogP contribution >= 0.6 is 0 Å². The van der Waals surface area contributed by atoms with Gasteiger partial charge in [0.15, 0.2) is 0 Å². The molecule has 1 unspecified atom stereocenters. The maximum Gasteiger partial charge on any atom is 0.269 e. The van der Waals surface area contributed by atoms with Gasteiger partial charge in [-0.25, -0.2) is 4.39 Å². The number of alkyl halides is 1. The monoisotopic (exact) mass is 268 g/mol. The summed E-state index contributed by atoms with van der Waals surface area (Å²) in [6.07, 6.45) is 0.466.